The minimum absolute atomic E-state index is 0.147. The van der Waals surface area contributed by atoms with Crippen LogP contribution in [0.2, 0.25) is 0 Å². The van der Waals surface area contributed by atoms with Crippen molar-refractivity contribution in [2.75, 3.05) is 0 Å². The molecule has 1 aliphatic heterocycles. The van der Waals surface area contributed by atoms with E-state index in [0.717, 1.165) is 27.6 Å². The summed E-state index contributed by atoms with van der Waals surface area (Å²) in [6.07, 6.45) is 2.39. The Morgan fingerprint density at radius 2 is 1.93 bits per heavy atom. The van der Waals surface area contributed by atoms with E-state index in [1.54, 1.807) is 42.7 Å². The molecule has 0 saturated carbocycles. The number of pyridine rings is 1. The lowest BCUT2D eigenvalue weighted by atomic mass is 9.96. The smallest absolute Gasteiger partial charge is 0.373 e. The van der Waals surface area contributed by atoms with Gasteiger partial charge in [-0.15, -0.1) is 0 Å². The van der Waals surface area contributed by atoms with E-state index in [9.17, 15) is 20.1 Å². The van der Waals surface area contributed by atoms with Crippen LogP contribution in [0.4, 0.5) is 0 Å². The van der Waals surface area contributed by atoms with Crippen molar-refractivity contribution in [1.29, 1.82) is 0 Å². The van der Waals surface area contributed by atoms with Crippen LogP contribution in [0.1, 0.15) is 36.7 Å². The number of carboxylic acid groups (broad SMARTS) is 1. The molecular formula is C24H26NO5+. The molecule has 0 amide bonds. The number of fused-ring (bicyclic) bond motifs is 3. The van der Waals surface area contributed by atoms with Gasteiger partial charge in [-0.25, -0.2) is 4.79 Å². The van der Waals surface area contributed by atoms with Gasteiger partial charge in [-0.2, -0.15) is 4.57 Å². The molecule has 3 N–H and O–H groups in total. The SMILES string of the molecule is Cc1cc2ccc3c(c2c[n+]1[C@@H](Cc1ccc(O)cc1)C(=O)O)OC(C(C)(C)O)C3. The number of aryl methyl sites for hydroxylation is 1. The maximum Gasteiger partial charge on any atom is 0.373 e. The van der Waals surface area contributed by atoms with E-state index in [1.807, 2.05) is 31.3 Å². The lowest BCUT2D eigenvalue weighted by molar-refractivity contribution is -0.714. The summed E-state index contributed by atoms with van der Waals surface area (Å²) in [5.41, 5.74) is 1.68. The Bertz CT molecular complexity index is 1120. The van der Waals surface area contributed by atoms with Gasteiger partial charge in [-0.05, 0) is 42.5 Å². The minimum atomic E-state index is -0.978. The van der Waals surface area contributed by atoms with Crippen molar-refractivity contribution in [1.82, 2.24) is 0 Å². The molecule has 30 heavy (non-hydrogen) atoms. The maximum atomic E-state index is 12.1. The average molecular weight is 408 g/mol. The van der Waals surface area contributed by atoms with Crippen LogP contribution < -0.4 is 9.30 Å². The van der Waals surface area contributed by atoms with Gasteiger partial charge in [-0.3, -0.25) is 0 Å². The zero-order valence-corrected chi connectivity index (χ0v) is 17.3. The van der Waals surface area contributed by atoms with E-state index < -0.39 is 17.6 Å². The van der Waals surface area contributed by atoms with Gasteiger partial charge in [0.1, 0.15) is 17.6 Å². The number of hydrogen-bond donors (Lipinski definition) is 3. The van der Waals surface area contributed by atoms with E-state index in [1.165, 1.54) is 0 Å². The molecule has 0 fully saturated rings. The number of hydrogen-bond acceptors (Lipinski definition) is 4. The molecule has 1 unspecified atom stereocenters. The molecule has 0 saturated heterocycles. The minimum Gasteiger partial charge on any atom is -0.508 e. The fourth-order valence-electron chi connectivity index (χ4n) is 4.03. The fourth-order valence-corrected chi connectivity index (χ4v) is 4.03. The van der Waals surface area contributed by atoms with Crippen LogP contribution in [0.25, 0.3) is 10.8 Å². The van der Waals surface area contributed by atoms with E-state index in [2.05, 4.69) is 0 Å². The highest BCUT2D eigenvalue weighted by Crippen LogP contribution is 2.38. The molecule has 0 radical (unpaired) electrons. The number of rotatable bonds is 5. The van der Waals surface area contributed by atoms with Crippen molar-refractivity contribution in [3.63, 3.8) is 0 Å². The number of nitrogens with zero attached hydrogens (tertiary/aromatic N) is 1. The molecule has 156 valence electrons. The first-order valence-corrected chi connectivity index (χ1v) is 10.0. The third-order valence-corrected chi connectivity index (χ3v) is 5.79. The van der Waals surface area contributed by atoms with Gasteiger partial charge >= 0.3 is 5.97 Å². The van der Waals surface area contributed by atoms with E-state index >= 15 is 0 Å². The van der Waals surface area contributed by atoms with Crippen LogP contribution in [0.15, 0.2) is 48.7 Å². The molecule has 6 nitrogen and oxygen atoms in total. The van der Waals surface area contributed by atoms with Crippen LogP contribution in [-0.4, -0.2) is 33.0 Å². The number of ether oxygens (including phenoxy) is 1. The molecule has 1 aliphatic rings. The quantitative estimate of drug-likeness (QED) is 0.565. The Labute approximate surface area is 175 Å². The first kappa shape index (κ1) is 20.2. The standard InChI is InChI=1S/C24H25NO5/c1-14-10-16-6-7-17-12-21(24(2,3)29)30-22(17)19(16)13-25(14)20(23(27)28)11-15-4-8-18(26)9-5-15/h4-10,13,20-21,29H,11-12H2,1-3H3,(H-,26,27,28)/p+1/t20-,21?/m0/s1. The number of phenolic OH excluding ortho intramolecular Hbond substituents is 1. The van der Waals surface area contributed by atoms with Crippen molar-refractivity contribution >= 4 is 16.7 Å². The van der Waals surface area contributed by atoms with Gasteiger partial charge in [0.2, 0.25) is 0 Å². The first-order valence-electron chi connectivity index (χ1n) is 10.0. The zero-order chi connectivity index (χ0) is 21.6. The Kier molecular flexibility index (Phi) is 4.90. The van der Waals surface area contributed by atoms with E-state index in [0.29, 0.717) is 12.2 Å². The molecule has 2 atom stereocenters. The summed E-state index contributed by atoms with van der Waals surface area (Å²) in [5.74, 6) is -0.0743. The van der Waals surface area contributed by atoms with Crippen molar-refractivity contribution in [3.8, 4) is 11.5 Å². The largest absolute Gasteiger partial charge is 0.508 e. The van der Waals surface area contributed by atoms with Crippen molar-refractivity contribution < 1.29 is 29.4 Å². The Morgan fingerprint density at radius 1 is 1.23 bits per heavy atom. The van der Waals surface area contributed by atoms with E-state index in [4.69, 9.17) is 4.74 Å². The summed E-state index contributed by atoms with van der Waals surface area (Å²) in [5, 5.41) is 31.6. The average Bonchev–Trinajstić information content (AvgIpc) is 3.12. The van der Waals surface area contributed by atoms with Gasteiger partial charge < -0.3 is 20.1 Å². The highest BCUT2D eigenvalue weighted by molar-refractivity contribution is 5.89. The van der Waals surface area contributed by atoms with Crippen LogP contribution in [-0.2, 0) is 17.6 Å². The molecule has 4 rings (SSSR count). The van der Waals surface area contributed by atoms with Crippen molar-refractivity contribution in [2.45, 2.75) is 51.4 Å². The highest BCUT2D eigenvalue weighted by atomic mass is 16.5. The summed E-state index contributed by atoms with van der Waals surface area (Å²) in [6, 6.07) is 11.8. The van der Waals surface area contributed by atoms with Gasteiger partial charge in [0, 0.05) is 25.8 Å². The summed E-state index contributed by atoms with van der Waals surface area (Å²) in [7, 11) is 0. The summed E-state index contributed by atoms with van der Waals surface area (Å²) >= 11 is 0. The van der Waals surface area contributed by atoms with Gasteiger partial charge in [0.05, 0.1) is 11.0 Å². The summed E-state index contributed by atoms with van der Waals surface area (Å²) in [4.78, 5) is 12.1. The van der Waals surface area contributed by atoms with Crippen molar-refractivity contribution in [2.24, 2.45) is 0 Å². The molecule has 2 aromatic carbocycles. The molecule has 0 spiro atoms. The normalized spacial score (nSPS) is 16.9. The Morgan fingerprint density at radius 3 is 2.57 bits per heavy atom. The van der Waals surface area contributed by atoms with Crippen LogP contribution in [0, 0.1) is 6.92 Å². The monoisotopic (exact) mass is 408 g/mol. The third kappa shape index (κ3) is 3.71. The zero-order valence-electron chi connectivity index (χ0n) is 17.3. The van der Waals surface area contributed by atoms with Crippen molar-refractivity contribution in [3.05, 3.63) is 65.5 Å². The molecule has 2 heterocycles. The molecule has 6 heteroatoms. The van der Waals surface area contributed by atoms with Crippen LogP contribution in [0.3, 0.4) is 0 Å². The molecular weight excluding hydrogens is 382 g/mol. The number of aliphatic carboxylic acids is 1. The third-order valence-electron chi connectivity index (χ3n) is 5.79. The number of phenols is 1. The van der Waals surface area contributed by atoms with E-state index in [-0.39, 0.29) is 18.3 Å². The maximum absolute atomic E-state index is 12.1. The van der Waals surface area contributed by atoms with Crippen LogP contribution >= 0.6 is 0 Å². The molecule has 1 aromatic heterocycles. The predicted octanol–water partition coefficient (Wildman–Crippen LogP) is 3.08. The second kappa shape index (κ2) is 7.29. The van der Waals surface area contributed by atoms with Crippen LogP contribution in [0.5, 0.6) is 11.5 Å². The number of carboxylic acids is 1. The number of aromatic nitrogens is 1. The highest BCUT2D eigenvalue weighted by Gasteiger charge is 2.37. The second-order valence-corrected chi connectivity index (χ2v) is 8.57. The van der Waals surface area contributed by atoms with Gasteiger partial charge in [-0.1, -0.05) is 24.3 Å². The second-order valence-electron chi connectivity index (χ2n) is 8.57. The first-order chi connectivity index (χ1) is 14.1. The topological polar surface area (TPSA) is 90.9 Å². The number of aliphatic hydroxyl groups is 1. The molecule has 0 bridgehead atoms. The molecule has 0 aliphatic carbocycles. The summed E-state index contributed by atoms with van der Waals surface area (Å²) in [6.45, 7) is 5.35. The Hall–Kier alpha value is -3.12. The van der Waals surface area contributed by atoms with Gasteiger partial charge in [0.25, 0.3) is 6.04 Å². The number of benzene rings is 2. The predicted molar refractivity (Wildman–Crippen MR) is 112 cm³/mol. The Balaban J connectivity index is 1.78. The molecule has 3 aromatic rings. The number of aromatic hydroxyl groups is 1. The fraction of sp³-hybridized carbons (Fsp3) is 0.333. The van der Waals surface area contributed by atoms with Gasteiger partial charge in [0.15, 0.2) is 11.9 Å². The summed E-state index contributed by atoms with van der Waals surface area (Å²) < 4.78 is 7.88. The lowest BCUT2D eigenvalue weighted by Crippen LogP contribution is -2.47. The lowest BCUT2D eigenvalue weighted by Gasteiger charge is -2.24. The number of carbonyl (C=O) groups is 1.